The van der Waals surface area contributed by atoms with Gasteiger partial charge in [0.1, 0.15) is 0 Å². The zero-order valence-corrected chi connectivity index (χ0v) is 8.84. The van der Waals surface area contributed by atoms with Gasteiger partial charge in [0.2, 0.25) is 0 Å². The largest absolute Gasteiger partial charge is 0.453 e. The fraction of sp³-hybridized carbons (Fsp3) is 0.833. The molecule has 0 aliphatic carbocycles. The molecule has 1 amide bonds. The summed E-state index contributed by atoms with van der Waals surface area (Å²) < 4.78 is 14.7. The van der Waals surface area contributed by atoms with Gasteiger partial charge < -0.3 is 18.9 Å². The lowest BCUT2D eigenvalue weighted by atomic mass is 11.1. The number of ether oxygens (including phenoxy) is 1. The number of rotatable bonds is 4. The van der Waals surface area contributed by atoms with Crippen molar-refractivity contribution in [1.29, 1.82) is 0 Å². The molecule has 0 aliphatic rings. The Kier molecular flexibility index (Phi) is 4.87. The third kappa shape index (κ3) is 3.70. The first-order chi connectivity index (χ1) is 5.58. The first-order valence-electron chi connectivity index (χ1n) is 3.50. The van der Waals surface area contributed by atoms with Crippen molar-refractivity contribution in [1.82, 2.24) is 5.32 Å². The molecule has 0 rings (SSSR count). The molecule has 0 heterocycles. The summed E-state index contributed by atoms with van der Waals surface area (Å²) in [7, 11) is 2.25. The molecule has 0 saturated carbocycles. The average Bonchev–Trinajstić information content (AvgIpc) is 2.13. The van der Waals surface area contributed by atoms with Gasteiger partial charge in [0.05, 0.1) is 13.3 Å². The zero-order chi connectivity index (χ0) is 9.61. The van der Waals surface area contributed by atoms with Gasteiger partial charge in [-0.25, -0.2) is 4.79 Å². The lowest BCUT2D eigenvalue weighted by Crippen LogP contribution is -2.48. The molecular weight excluding hydrogens is 178 g/mol. The van der Waals surface area contributed by atoms with Crippen LogP contribution in [0.2, 0.25) is 6.55 Å². The molecule has 0 aliphatic heterocycles. The molecule has 6 heteroatoms. The fourth-order valence-corrected chi connectivity index (χ4v) is 1.45. The Balaban J connectivity index is 3.80. The average molecular weight is 193 g/mol. The highest BCUT2D eigenvalue weighted by Gasteiger charge is 2.29. The molecule has 0 aromatic rings. The maximum atomic E-state index is 10.7. The molecule has 1 N–H and O–H groups in total. The molecule has 12 heavy (non-hydrogen) atoms. The third-order valence-electron chi connectivity index (χ3n) is 1.60. The Morgan fingerprint density at radius 1 is 1.33 bits per heavy atom. The minimum absolute atomic E-state index is 0.382. The predicted octanol–water partition coefficient (Wildman–Crippen LogP) is 0.246. The summed E-state index contributed by atoms with van der Waals surface area (Å²) in [5, 5.41) is 2.53. The van der Waals surface area contributed by atoms with E-state index < -0.39 is 14.7 Å². The zero-order valence-electron chi connectivity index (χ0n) is 7.84. The Morgan fingerprint density at radius 2 is 1.83 bits per heavy atom. The number of nitrogens with one attached hydrogen (secondary N) is 1. The van der Waals surface area contributed by atoms with Crippen LogP contribution >= 0.6 is 0 Å². The molecule has 0 saturated heterocycles. The van der Waals surface area contributed by atoms with Crippen molar-refractivity contribution in [2.75, 3.05) is 27.5 Å². The van der Waals surface area contributed by atoms with Crippen LogP contribution in [0.1, 0.15) is 0 Å². The van der Waals surface area contributed by atoms with E-state index in [1.54, 1.807) is 14.2 Å². The molecule has 0 unspecified atom stereocenters. The van der Waals surface area contributed by atoms with E-state index in [1.807, 2.05) is 6.55 Å². The minimum atomic E-state index is -2.19. The van der Waals surface area contributed by atoms with Crippen molar-refractivity contribution < 1.29 is 18.4 Å². The first kappa shape index (κ1) is 11.4. The molecule has 0 radical (unpaired) electrons. The maximum Gasteiger partial charge on any atom is 0.406 e. The molecule has 0 atom stereocenters. The molecule has 0 aromatic heterocycles. The Morgan fingerprint density at radius 3 is 2.17 bits per heavy atom. The quantitative estimate of drug-likeness (QED) is 0.650. The summed E-state index contributed by atoms with van der Waals surface area (Å²) >= 11 is 0. The fourth-order valence-electron chi connectivity index (χ4n) is 0.533. The molecule has 0 fully saturated rings. The number of methoxy groups -OCH3 is 1. The lowest BCUT2D eigenvalue weighted by molar-refractivity contribution is 0.169. The summed E-state index contributed by atoms with van der Waals surface area (Å²) in [5.74, 6) is 0. The molecule has 0 aromatic carbocycles. The van der Waals surface area contributed by atoms with E-state index in [4.69, 9.17) is 8.85 Å². The minimum Gasteiger partial charge on any atom is -0.453 e. The molecule has 72 valence electrons. The molecule has 5 nitrogen and oxygen atoms in total. The summed E-state index contributed by atoms with van der Waals surface area (Å²) in [6.07, 6.45) is -0.0880. The summed E-state index contributed by atoms with van der Waals surface area (Å²) in [6, 6.07) is 0. The number of carbonyl (C=O) groups excluding carboxylic acids is 1. The smallest absolute Gasteiger partial charge is 0.406 e. The second-order valence-corrected chi connectivity index (χ2v) is 5.82. The second kappa shape index (κ2) is 5.12. The predicted molar refractivity (Wildman–Crippen MR) is 46.0 cm³/mol. The SMILES string of the molecule is COC(=O)NC[Si](C)(OC)OC. The highest BCUT2D eigenvalue weighted by molar-refractivity contribution is 6.66. The van der Waals surface area contributed by atoms with E-state index in [0.717, 1.165) is 0 Å². The van der Waals surface area contributed by atoms with Gasteiger partial charge in [-0.15, -0.1) is 0 Å². The van der Waals surface area contributed by atoms with Crippen LogP contribution in [-0.2, 0) is 13.6 Å². The highest BCUT2D eigenvalue weighted by atomic mass is 28.4. The number of hydrogen-bond donors (Lipinski definition) is 1. The standard InChI is InChI=1S/C6H15NO4Si/c1-9-6(8)7-5-12(4,10-2)11-3/h5H2,1-4H3,(H,7,8). The van der Waals surface area contributed by atoms with Gasteiger partial charge in [-0.3, -0.25) is 0 Å². The third-order valence-corrected chi connectivity index (χ3v) is 4.15. The van der Waals surface area contributed by atoms with Gasteiger partial charge in [0, 0.05) is 14.2 Å². The van der Waals surface area contributed by atoms with E-state index in [-0.39, 0.29) is 0 Å². The number of hydrogen-bond acceptors (Lipinski definition) is 4. The van der Waals surface area contributed by atoms with Gasteiger partial charge in [0.15, 0.2) is 0 Å². The van der Waals surface area contributed by atoms with Crippen molar-refractivity contribution in [3.05, 3.63) is 0 Å². The number of carbonyl (C=O) groups is 1. The Labute approximate surface area is 73.2 Å². The topological polar surface area (TPSA) is 56.8 Å². The van der Waals surface area contributed by atoms with Gasteiger partial charge in [-0.05, 0) is 6.55 Å². The lowest BCUT2D eigenvalue weighted by Gasteiger charge is -2.22. The summed E-state index contributed by atoms with van der Waals surface area (Å²) in [5.41, 5.74) is 0. The second-order valence-electron chi connectivity index (χ2n) is 2.39. The molecule has 0 bridgehead atoms. The number of alkyl carbamates (subject to hydrolysis) is 1. The van der Waals surface area contributed by atoms with Crippen LogP contribution in [0.3, 0.4) is 0 Å². The molecule has 0 spiro atoms. The number of amides is 1. The van der Waals surface area contributed by atoms with E-state index in [0.29, 0.717) is 6.17 Å². The van der Waals surface area contributed by atoms with Gasteiger partial charge in [-0.1, -0.05) is 0 Å². The van der Waals surface area contributed by atoms with Crippen molar-refractivity contribution >= 4 is 14.7 Å². The van der Waals surface area contributed by atoms with Crippen LogP contribution in [0.4, 0.5) is 4.79 Å². The van der Waals surface area contributed by atoms with Crippen molar-refractivity contribution in [2.24, 2.45) is 0 Å². The van der Waals surface area contributed by atoms with Crippen LogP contribution in [0, 0.1) is 0 Å². The van der Waals surface area contributed by atoms with Gasteiger partial charge >= 0.3 is 14.7 Å². The van der Waals surface area contributed by atoms with Crippen molar-refractivity contribution in [2.45, 2.75) is 6.55 Å². The maximum absolute atomic E-state index is 10.7. The van der Waals surface area contributed by atoms with E-state index >= 15 is 0 Å². The van der Waals surface area contributed by atoms with Crippen molar-refractivity contribution in [3.63, 3.8) is 0 Å². The van der Waals surface area contributed by atoms with Crippen LogP contribution in [0.25, 0.3) is 0 Å². The summed E-state index contributed by atoms with van der Waals surface area (Å²) in [4.78, 5) is 10.7. The van der Waals surface area contributed by atoms with Crippen LogP contribution < -0.4 is 5.32 Å². The summed E-state index contributed by atoms with van der Waals surface area (Å²) in [6.45, 7) is 1.85. The Hall–Kier alpha value is -0.593. The highest BCUT2D eigenvalue weighted by Crippen LogP contribution is 2.01. The van der Waals surface area contributed by atoms with Crippen LogP contribution in [-0.4, -0.2) is 42.2 Å². The van der Waals surface area contributed by atoms with Crippen molar-refractivity contribution in [3.8, 4) is 0 Å². The van der Waals surface area contributed by atoms with Crippen LogP contribution in [0.5, 0.6) is 0 Å². The van der Waals surface area contributed by atoms with Gasteiger partial charge in [0.25, 0.3) is 0 Å². The first-order valence-corrected chi connectivity index (χ1v) is 6.02. The molecular formula is C6H15NO4Si. The van der Waals surface area contributed by atoms with Gasteiger partial charge in [-0.2, -0.15) is 0 Å². The monoisotopic (exact) mass is 193 g/mol. The van der Waals surface area contributed by atoms with E-state index in [9.17, 15) is 4.79 Å². The van der Waals surface area contributed by atoms with E-state index in [1.165, 1.54) is 7.11 Å². The normalized spacial score (nSPS) is 11.0. The Bertz CT molecular complexity index is 148. The van der Waals surface area contributed by atoms with Crippen LogP contribution in [0.15, 0.2) is 0 Å². The van der Waals surface area contributed by atoms with E-state index in [2.05, 4.69) is 10.1 Å².